The van der Waals surface area contributed by atoms with Gasteiger partial charge < -0.3 is 10.6 Å². The molecule has 1 heterocycles. The van der Waals surface area contributed by atoms with Gasteiger partial charge in [-0.1, -0.05) is 19.3 Å². The van der Waals surface area contributed by atoms with Gasteiger partial charge in [-0.15, -0.1) is 0 Å². The molecule has 0 saturated heterocycles. The molecule has 88 valence electrons. The number of nitrogens with one attached hydrogen (secondary N) is 3. The Balaban J connectivity index is 1.67. The molecule has 16 heavy (non-hydrogen) atoms. The van der Waals surface area contributed by atoms with E-state index >= 15 is 0 Å². The fraction of sp³-hybridized carbons (Fsp3) is 0.700. The third-order valence-corrected chi connectivity index (χ3v) is 3.08. The molecule has 0 aromatic carbocycles. The molecule has 1 aliphatic rings. The second-order valence-corrected chi connectivity index (χ2v) is 4.50. The maximum absolute atomic E-state index is 5.22. The Morgan fingerprint density at radius 3 is 2.94 bits per heavy atom. The van der Waals surface area contributed by atoms with Gasteiger partial charge in [-0.25, -0.2) is 4.98 Å². The second-order valence-electron chi connectivity index (χ2n) is 4.09. The molecular weight excluding hydrogens is 222 g/mol. The van der Waals surface area contributed by atoms with Crippen LogP contribution < -0.4 is 10.6 Å². The van der Waals surface area contributed by atoms with Crippen LogP contribution in [0.5, 0.6) is 0 Å². The number of hydrogen-bond acceptors (Lipinski definition) is 3. The summed E-state index contributed by atoms with van der Waals surface area (Å²) in [7, 11) is 0. The highest BCUT2D eigenvalue weighted by atomic mass is 32.1. The smallest absolute Gasteiger partial charge is 0.166 e. The first-order chi connectivity index (χ1) is 7.84. The van der Waals surface area contributed by atoms with E-state index in [2.05, 4.69) is 25.8 Å². The zero-order valence-electron chi connectivity index (χ0n) is 9.20. The number of nitrogens with zero attached hydrogens (tertiary/aromatic N) is 2. The molecular formula is C10H17N5S. The normalized spacial score (nSPS) is 17.0. The fourth-order valence-electron chi connectivity index (χ4n) is 1.96. The lowest BCUT2D eigenvalue weighted by Crippen LogP contribution is -2.42. The van der Waals surface area contributed by atoms with E-state index < -0.39 is 0 Å². The number of H-pyrrole nitrogens is 1. The van der Waals surface area contributed by atoms with Crippen molar-refractivity contribution in [2.45, 2.75) is 44.7 Å². The molecule has 1 saturated carbocycles. The van der Waals surface area contributed by atoms with Crippen LogP contribution in [0.2, 0.25) is 0 Å². The average Bonchev–Trinajstić information content (AvgIpc) is 2.81. The van der Waals surface area contributed by atoms with Crippen molar-refractivity contribution in [3.8, 4) is 0 Å². The molecule has 1 aromatic rings. The zero-order chi connectivity index (χ0) is 11.2. The number of thiocarbonyl (C=S) groups is 1. The number of aromatic amines is 1. The van der Waals surface area contributed by atoms with E-state index in [4.69, 9.17) is 12.2 Å². The van der Waals surface area contributed by atoms with Crippen LogP contribution >= 0.6 is 12.2 Å². The zero-order valence-corrected chi connectivity index (χ0v) is 10.0. The van der Waals surface area contributed by atoms with Gasteiger partial charge in [0, 0.05) is 6.04 Å². The minimum Gasteiger partial charge on any atom is -0.360 e. The van der Waals surface area contributed by atoms with E-state index in [-0.39, 0.29) is 0 Å². The van der Waals surface area contributed by atoms with Crippen LogP contribution in [0.4, 0.5) is 0 Å². The average molecular weight is 239 g/mol. The Labute approximate surface area is 100 Å². The van der Waals surface area contributed by atoms with Gasteiger partial charge in [0.05, 0.1) is 6.54 Å². The highest BCUT2D eigenvalue weighted by Gasteiger charge is 2.13. The van der Waals surface area contributed by atoms with Crippen LogP contribution in [0, 0.1) is 0 Å². The Morgan fingerprint density at radius 1 is 1.44 bits per heavy atom. The molecule has 3 N–H and O–H groups in total. The molecule has 1 aromatic heterocycles. The Morgan fingerprint density at radius 2 is 2.25 bits per heavy atom. The second kappa shape index (κ2) is 5.79. The van der Waals surface area contributed by atoms with E-state index in [1.165, 1.54) is 38.4 Å². The summed E-state index contributed by atoms with van der Waals surface area (Å²) in [4.78, 5) is 4.02. The van der Waals surface area contributed by atoms with Gasteiger partial charge >= 0.3 is 0 Å². The number of aromatic nitrogens is 3. The van der Waals surface area contributed by atoms with Crippen molar-refractivity contribution in [1.82, 2.24) is 25.8 Å². The van der Waals surface area contributed by atoms with Crippen LogP contribution in [-0.2, 0) is 6.54 Å². The number of hydrogen-bond donors (Lipinski definition) is 3. The lowest BCUT2D eigenvalue weighted by atomic mass is 9.96. The highest BCUT2D eigenvalue weighted by Crippen LogP contribution is 2.17. The monoisotopic (exact) mass is 239 g/mol. The van der Waals surface area contributed by atoms with E-state index in [0.29, 0.717) is 17.7 Å². The van der Waals surface area contributed by atoms with Crippen molar-refractivity contribution in [3.05, 3.63) is 12.2 Å². The van der Waals surface area contributed by atoms with Gasteiger partial charge in [0.25, 0.3) is 0 Å². The first-order valence-electron chi connectivity index (χ1n) is 5.73. The topological polar surface area (TPSA) is 65.6 Å². The minimum atomic E-state index is 0.545. The standard InChI is InChI=1S/C10H17N5S/c16-10(11-6-9-12-7-13-15-9)14-8-4-2-1-3-5-8/h7-8H,1-6H2,(H2,11,14,16)(H,12,13,15). The quantitative estimate of drug-likeness (QED) is 0.689. The SMILES string of the molecule is S=C(NCc1ncn[nH]1)NC1CCCCC1. The van der Waals surface area contributed by atoms with Gasteiger partial charge in [-0.05, 0) is 25.1 Å². The molecule has 0 atom stereocenters. The molecule has 0 bridgehead atoms. The molecule has 0 spiro atoms. The van der Waals surface area contributed by atoms with Crippen LogP contribution in [0.25, 0.3) is 0 Å². The predicted octanol–water partition coefficient (Wildman–Crippen LogP) is 1.10. The van der Waals surface area contributed by atoms with Gasteiger partial charge in [0.15, 0.2) is 5.11 Å². The summed E-state index contributed by atoms with van der Waals surface area (Å²) in [5.41, 5.74) is 0. The molecule has 1 aliphatic carbocycles. The van der Waals surface area contributed by atoms with Crippen molar-refractivity contribution >= 4 is 17.3 Å². The first kappa shape index (κ1) is 11.3. The Bertz CT molecular complexity index is 318. The van der Waals surface area contributed by atoms with E-state index in [0.717, 1.165) is 5.82 Å². The predicted molar refractivity (Wildman–Crippen MR) is 65.8 cm³/mol. The molecule has 6 heteroatoms. The molecule has 5 nitrogen and oxygen atoms in total. The number of rotatable bonds is 3. The van der Waals surface area contributed by atoms with Gasteiger partial charge in [-0.3, -0.25) is 5.10 Å². The van der Waals surface area contributed by atoms with E-state index in [1.807, 2.05) is 0 Å². The highest BCUT2D eigenvalue weighted by molar-refractivity contribution is 7.80. The van der Waals surface area contributed by atoms with Crippen molar-refractivity contribution < 1.29 is 0 Å². The maximum atomic E-state index is 5.22. The largest absolute Gasteiger partial charge is 0.360 e. The summed E-state index contributed by atoms with van der Waals surface area (Å²) in [6.07, 6.45) is 7.92. The third kappa shape index (κ3) is 3.44. The lowest BCUT2D eigenvalue weighted by Gasteiger charge is -2.24. The lowest BCUT2D eigenvalue weighted by molar-refractivity contribution is 0.412. The summed E-state index contributed by atoms with van der Waals surface area (Å²) in [6, 6.07) is 0.545. The van der Waals surface area contributed by atoms with Gasteiger partial charge in [-0.2, -0.15) is 5.10 Å². The van der Waals surface area contributed by atoms with E-state index in [1.54, 1.807) is 0 Å². The van der Waals surface area contributed by atoms with Crippen molar-refractivity contribution in [2.75, 3.05) is 0 Å². The van der Waals surface area contributed by atoms with Gasteiger partial charge in [0.1, 0.15) is 12.2 Å². The first-order valence-corrected chi connectivity index (χ1v) is 6.14. The fourth-order valence-corrected chi connectivity index (χ4v) is 2.20. The summed E-state index contributed by atoms with van der Waals surface area (Å²) < 4.78 is 0. The molecule has 2 rings (SSSR count). The summed E-state index contributed by atoms with van der Waals surface area (Å²) >= 11 is 5.22. The maximum Gasteiger partial charge on any atom is 0.166 e. The molecule has 0 radical (unpaired) electrons. The molecule has 1 fully saturated rings. The summed E-state index contributed by atoms with van der Waals surface area (Å²) in [5, 5.41) is 13.7. The third-order valence-electron chi connectivity index (χ3n) is 2.82. The van der Waals surface area contributed by atoms with Crippen LogP contribution in [0.3, 0.4) is 0 Å². The van der Waals surface area contributed by atoms with Crippen molar-refractivity contribution in [3.63, 3.8) is 0 Å². The van der Waals surface area contributed by atoms with E-state index in [9.17, 15) is 0 Å². The van der Waals surface area contributed by atoms with Crippen molar-refractivity contribution in [1.29, 1.82) is 0 Å². The Kier molecular flexibility index (Phi) is 4.10. The van der Waals surface area contributed by atoms with Gasteiger partial charge in [0.2, 0.25) is 0 Å². The molecule has 0 aliphatic heterocycles. The van der Waals surface area contributed by atoms with Crippen LogP contribution in [-0.4, -0.2) is 26.3 Å². The van der Waals surface area contributed by atoms with Crippen LogP contribution in [0.1, 0.15) is 37.9 Å². The minimum absolute atomic E-state index is 0.545. The summed E-state index contributed by atoms with van der Waals surface area (Å²) in [6.45, 7) is 0.596. The molecule has 0 unspecified atom stereocenters. The Hall–Kier alpha value is -1.17. The molecule has 0 amide bonds. The van der Waals surface area contributed by atoms with Crippen LogP contribution in [0.15, 0.2) is 6.33 Å². The summed E-state index contributed by atoms with van der Waals surface area (Å²) in [5.74, 6) is 0.799. The van der Waals surface area contributed by atoms with Crippen molar-refractivity contribution in [2.24, 2.45) is 0 Å².